The van der Waals surface area contributed by atoms with Crippen LogP contribution in [-0.2, 0) is 18.3 Å². The van der Waals surface area contributed by atoms with E-state index in [0.29, 0.717) is 12.2 Å². The van der Waals surface area contributed by atoms with Gasteiger partial charge in [0.2, 0.25) is 0 Å². The summed E-state index contributed by atoms with van der Waals surface area (Å²) in [4.78, 5) is 15.8. The van der Waals surface area contributed by atoms with E-state index in [-0.39, 0.29) is 10.5 Å². The van der Waals surface area contributed by atoms with Crippen LogP contribution in [0.2, 0.25) is 0 Å². The molecule has 0 amide bonds. The third kappa shape index (κ3) is 4.51. The molecule has 0 unspecified atom stereocenters. The Kier molecular flexibility index (Phi) is 3.97. The Balaban J connectivity index is 2.41. The molecule has 15 heavy (non-hydrogen) atoms. The summed E-state index contributed by atoms with van der Waals surface area (Å²) in [6.45, 7) is 6.35. The summed E-state index contributed by atoms with van der Waals surface area (Å²) in [6, 6.07) is 0. The number of aromatic nitrogens is 2. The normalized spacial score (nSPS) is 11.7. The van der Waals surface area contributed by atoms with E-state index < -0.39 is 0 Å². The summed E-state index contributed by atoms with van der Waals surface area (Å²) >= 11 is 1.68. The first kappa shape index (κ1) is 12.3. The lowest BCUT2D eigenvalue weighted by atomic mass is 10.3. The van der Waals surface area contributed by atoms with Gasteiger partial charge in [-0.15, -0.1) is 11.8 Å². The minimum absolute atomic E-state index is 0.150. The molecule has 1 aromatic heterocycles. The van der Waals surface area contributed by atoms with Gasteiger partial charge in [-0.05, 0) is 0 Å². The van der Waals surface area contributed by atoms with Crippen molar-refractivity contribution in [2.24, 2.45) is 7.05 Å². The van der Waals surface area contributed by atoms with Crippen molar-refractivity contribution in [3.05, 3.63) is 18.2 Å². The number of Topliss-reactive ketones (excluding diaryl/α,β-unsaturated/α-hetero) is 1. The molecule has 0 fully saturated rings. The fourth-order valence-corrected chi connectivity index (χ4v) is 1.79. The first-order valence-electron chi connectivity index (χ1n) is 5.00. The molecule has 0 atom stereocenters. The van der Waals surface area contributed by atoms with Crippen molar-refractivity contribution < 1.29 is 4.79 Å². The average Bonchev–Trinajstić information content (AvgIpc) is 2.47. The quantitative estimate of drug-likeness (QED) is 0.788. The summed E-state index contributed by atoms with van der Waals surface area (Å²) in [5, 5.41) is 0. The molecule has 0 N–H and O–H groups in total. The molecule has 0 spiro atoms. The Bertz CT molecular complexity index is 339. The van der Waals surface area contributed by atoms with Crippen molar-refractivity contribution in [1.82, 2.24) is 9.55 Å². The zero-order valence-electron chi connectivity index (χ0n) is 9.78. The molecule has 0 saturated carbocycles. The second-order valence-corrected chi connectivity index (χ2v) is 6.37. The third-order valence-corrected chi connectivity index (χ3v) is 3.27. The summed E-state index contributed by atoms with van der Waals surface area (Å²) in [7, 11) is 1.91. The van der Waals surface area contributed by atoms with Gasteiger partial charge in [-0.2, -0.15) is 0 Å². The molecule has 0 aliphatic heterocycles. The third-order valence-electron chi connectivity index (χ3n) is 1.94. The van der Waals surface area contributed by atoms with Crippen LogP contribution >= 0.6 is 11.8 Å². The summed E-state index contributed by atoms with van der Waals surface area (Å²) in [5.74, 6) is 1.65. The number of hydrogen-bond acceptors (Lipinski definition) is 3. The average molecular weight is 226 g/mol. The van der Waals surface area contributed by atoms with E-state index >= 15 is 0 Å². The fraction of sp³-hybridized carbons (Fsp3) is 0.636. The van der Waals surface area contributed by atoms with Crippen molar-refractivity contribution in [1.29, 1.82) is 0 Å². The largest absolute Gasteiger partial charge is 0.338 e. The Morgan fingerprint density at radius 1 is 1.53 bits per heavy atom. The summed E-state index contributed by atoms with van der Waals surface area (Å²) < 4.78 is 2.04. The van der Waals surface area contributed by atoms with Crippen LogP contribution in [0, 0.1) is 0 Å². The lowest BCUT2D eigenvalue weighted by Gasteiger charge is -2.16. The van der Waals surface area contributed by atoms with E-state index in [1.54, 1.807) is 18.0 Å². The van der Waals surface area contributed by atoms with E-state index in [0.717, 1.165) is 5.82 Å². The monoisotopic (exact) mass is 226 g/mol. The van der Waals surface area contributed by atoms with Gasteiger partial charge < -0.3 is 4.57 Å². The highest BCUT2D eigenvalue weighted by Gasteiger charge is 2.14. The lowest BCUT2D eigenvalue weighted by Crippen LogP contribution is -2.15. The smallest absolute Gasteiger partial charge is 0.150 e. The molecule has 84 valence electrons. The Hall–Kier alpha value is -0.770. The van der Waals surface area contributed by atoms with Gasteiger partial charge in [-0.1, -0.05) is 20.8 Å². The second-order valence-electron chi connectivity index (χ2n) is 4.57. The van der Waals surface area contributed by atoms with E-state index in [9.17, 15) is 4.79 Å². The number of carbonyl (C=O) groups excluding carboxylic acids is 1. The van der Waals surface area contributed by atoms with Crippen LogP contribution in [0.5, 0.6) is 0 Å². The Morgan fingerprint density at radius 2 is 2.20 bits per heavy atom. The molecule has 0 saturated heterocycles. The number of imidazole rings is 1. The molecule has 3 nitrogen and oxygen atoms in total. The van der Waals surface area contributed by atoms with Gasteiger partial charge in [0.15, 0.2) is 0 Å². The zero-order valence-corrected chi connectivity index (χ0v) is 10.6. The van der Waals surface area contributed by atoms with E-state index in [4.69, 9.17) is 0 Å². The maximum Gasteiger partial charge on any atom is 0.150 e. The van der Waals surface area contributed by atoms with Gasteiger partial charge in [-0.3, -0.25) is 4.79 Å². The molecular formula is C11H18N2OS. The van der Waals surface area contributed by atoms with Crippen LogP contribution in [0.1, 0.15) is 26.6 Å². The number of aryl methyl sites for hydroxylation is 1. The van der Waals surface area contributed by atoms with Crippen LogP contribution in [0.15, 0.2) is 12.4 Å². The van der Waals surface area contributed by atoms with Gasteiger partial charge in [0, 0.05) is 24.2 Å². The maximum atomic E-state index is 11.6. The van der Waals surface area contributed by atoms with Crippen LogP contribution in [0.3, 0.4) is 0 Å². The van der Waals surface area contributed by atoms with E-state index in [1.807, 2.05) is 17.8 Å². The molecular weight excluding hydrogens is 208 g/mol. The number of nitrogens with zero attached hydrogens (tertiary/aromatic N) is 2. The highest BCUT2D eigenvalue weighted by atomic mass is 32.2. The van der Waals surface area contributed by atoms with Gasteiger partial charge >= 0.3 is 0 Å². The Morgan fingerprint density at radius 3 is 2.67 bits per heavy atom. The fourth-order valence-electron chi connectivity index (χ4n) is 1.09. The number of rotatable bonds is 4. The van der Waals surface area contributed by atoms with Gasteiger partial charge in [0.25, 0.3) is 0 Å². The summed E-state index contributed by atoms with van der Waals surface area (Å²) in [5.41, 5.74) is 0. The van der Waals surface area contributed by atoms with Gasteiger partial charge in [-0.25, -0.2) is 4.98 Å². The van der Waals surface area contributed by atoms with E-state index in [2.05, 4.69) is 25.8 Å². The SMILES string of the molecule is Cn1ccnc1CC(=O)CSC(C)(C)C. The number of ketones is 1. The molecule has 0 radical (unpaired) electrons. The predicted molar refractivity (Wildman–Crippen MR) is 64.1 cm³/mol. The molecule has 0 bridgehead atoms. The molecule has 1 aromatic rings. The van der Waals surface area contributed by atoms with E-state index in [1.165, 1.54) is 0 Å². The zero-order chi connectivity index (χ0) is 11.5. The van der Waals surface area contributed by atoms with Crippen molar-refractivity contribution >= 4 is 17.5 Å². The van der Waals surface area contributed by atoms with Gasteiger partial charge in [0.1, 0.15) is 11.6 Å². The molecule has 1 rings (SSSR count). The predicted octanol–water partition coefficient (Wildman–Crippen LogP) is 2.06. The number of hydrogen-bond donors (Lipinski definition) is 0. The molecule has 0 aromatic carbocycles. The first-order chi connectivity index (χ1) is 6.88. The maximum absolute atomic E-state index is 11.6. The number of carbonyl (C=O) groups is 1. The lowest BCUT2D eigenvalue weighted by molar-refractivity contribution is -0.116. The minimum Gasteiger partial charge on any atom is -0.338 e. The molecule has 0 aliphatic carbocycles. The van der Waals surface area contributed by atoms with Crippen LogP contribution in [-0.4, -0.2) is 25.8 Å². The Labute approximate surface area is 95.3 Å². The van der Waals surface area contributed by atoms with Crippen LogP contribution in [0.4, 0.5) is 0 Å². The van der Waals surface area contributed by atoms with Gasteiger partial charge in [0.05, 0.1) is 12.2 Å². The minimum atomic E-state index is 0.150. The molecule has 1 heterocycles. The van der Waals surface area contributed by atoms with Crippen molar-refractivity contribution in [2.75, 3.05) is 5.75 Å². The highest BCUT2D eigenvalue weighted by Crippen LogP contribution is 2.23. The number of thioether (sulfide) groups is 1. The highest BCUT2D eigenvalue weighted by molar-refractivity contribution is 8.01. The van der Waals surface area contributed by atoms with Crippen molar-refractivity contribution in [2.45, 2.75) is 31.9 Å². The second kappa shape index (κ2) is 4.84. The van der Waals surface area contributed by atoms with Crippen molar-refractivity contribution in [3.8, 4) is 0 Å². The molecule has 4 heteroatoms. The summed E-state index contributed by atoms with van der Waals surface area (Å²) in [6.07, 6.45) is 4.02. The van der Waals surface area contributed by atoms with Crippen molar-refractivity contribution in [3.63, 3.8) is 0 Å². The standard InChI is InChI=1S/C11H18N2OS/c1-11(2,3)15-8-9(14)7-10-12-5-6-13(10)4/h5-6H,7-8H2,1-4H3. The molecule has 0 aliphatic rings. The van der Waals surface area contributed by atoms with Crippen LogP contribution < -0.4 is 0 Å². The first-order valence-corrected chi connectivity index (χ1v) is 5.99. The topological polar surface area (TPSA) is 34.9 Å². The van der Waals surface area contributed by atoms with Crippen LogP contribution in [0.25, 0.3) is 0 Å².